The average molecular weight is 244 g/mol. The molecule has 0 fully saturated rings. The minimum Gasteiger partial charge on any atom is -0.366 e. The molecular formula is C15H16OS. The molecule has 0 bridgehead atoms. The van der Waals surface area contributed by atoms with Crippen molar-refractivity contribution in [1.29, 1.82) is 0 Å². The zero-order chi connectivity index (χ0) is 11.9. The highest BCUT2D eigenvalue weighted by molar-refractivity contribution is 7.98. The van der Waals surface area contributed by atoms with Gasteiger partial charge in [-0.2, -0.15) is 0 Å². The van der Waals surface area contributed by atoms with Gasteiger partial charge in [0.1, 0.15) is 5.44 Å². The molecule has 0 aliphatic carbocycles. The topological polar surface area (TPSA) is 9.23 Å². The van der Waals surface area contributed by atoms with Crippen molar-refractivity contribution < 1.29 is 4.74 Å². The number of hydrogen-bond donors (Lipinski definition) is 0. The number of methoxy groups -OCH3 is 1. The Balaban J connectivity index is 1.97. The van der Waals surface area contributed by atoms with E-state index in [-0.39, 0.29) is 5.44 Å². The van der Waals surface area contributed by atoms with E-state index in [2.05, 4.69) is 36.4 Å². The Kier molecular flexibility index (Phi) is 4.65. The Morgan fingerprint density at radius 2 is 1.53 bits per heavy atom. The third-order valence-electron chi connectivity index (χ3n) is 2.53. The number of thioether (sulfide) groups is 1. The molecule has 0 saturated carbocycles. The van der Waals surface area contributed by atoms with E-state index in [1.54, 1.807) is 18.9 Å². The van der Waals surface area contributed by atoms with Crippen molar-refractivity contribution in [2.45, 2.75) is 11.2 Å². The van der Waals surface area contributed by atoms with Gasteiger partial charge >= 0.3 is 0 Å². The highest BCUT2D eigenvalue weighted by atomic mass is 32.2. The van der Waals surface area contributed by atoms with Crippen molar-refractivity contribution in [3.8, 4) is 0 Å². The van der Waals surface area contributed by atoms with E-state index >= 15 is 0 Å². The quantitative estimate of drug-likeness (QED) is 0.727. The fourth-order valence-electron chi connectivity index (χ4n) is 1.66. The smallest absolute Gasteiger partial charge is 0.128 e. The second-order valence-electron chi connectivity index (χ2n) is 3.77. The normalized spacial score (nSPS) is 12.3. The van der Waals surface area contributed by atoms with Gasteiger partial charge in [-0.15, -0.1) is 11.8 Å². The summed E-state index contributed by atoms with van der Waals surface area (Å²) >= 11 is 1.81. The summed E-state index contributed by atoms with van der Waals surface area (Å²) in [4.78, 5) is 0. The van der Waals surface area contributed by atoms with Gasteiger partial charge in [-0.25, -0.2) is 0 Å². The second-order valence-corrected chi connectivity index (χ2v) is 4.83. The first kappa shape index (κ1) is 12.2. The molecular weight excluding hydrogens is 228 g/mol. The van der Waals surface area contributed by atoms with Gasteiger partial charge in [-0.3, -0.25) is 0 Å². The lowest BCUT2D eigenvalue weighted by atomic mass is 10.2. The molecule has 88 valence electrons. The van der Waals surface area contributed by atoms with E-state index in [1.165, 1.54) is 11.1 Å². The average Bonchev–Trinajstić information content (AvgIpc) is 2.42. The zero-order valence-corrected chi connectivity index (χ0v) is 10.7. The van der Waals surface area contributed by atoms with Crippen molar-refractivity contribution in [2.24, 2.45) is 0 Å². The van der Waals surface area contributed by atoms with Crippen LogP contribution in [0.4, 0.5) is 0 Å². The summed E-state index contributed by atoms with van der Waals surface area (Å²) in [6.07, 6.45) is 0. The Bertz CT molecular complexity index is 427. The van der Waals surface area contributed by atoms with Crippen molar-refractivity contribution in [3.63, 3.8) is 0 Å². The second kappa shape index (κ2) is 6.48. The lowest BCUT2D eigenvalue weighted by Crippen LogP contribution is -1.97. The molecule has 17 heavy (non-hydrogen) atoms. The van der Waals surface area contributed by atoms with Gasteiger partial charge in [-0.05, 0) is 11.1 Å². The minimum atomic E-state index is 0.108. The predicted octanol–water partition coefficient (Wildman–Crippen LogP) is 4.27. The van der Waals surface area contributed by atoms with Crippen LogP contribution in [-0.4, -0.2) is 7.11 Å². The van der Waals surface area contributed by atoms with Gasteiger partial charge < -0.3 is 4.74 Å². The molecule has 2 aromatic carbocycles. The molecule has 1 atom stereocenters. The predicted molar refractivity (Wildman–Crippen MR) is 73.9 cm³/mol. The van der Waals surface area contributed by atoms with Gasteiger partial charge in [0.05, 0.1) is 0 Å². The third-order valence-corrected chi connectivity index (χ3v) is 3.80. The summed E-state index contributed by atoms with van der Waals surface area (Å²) in [5.74, 6) is 0.967. The zero-order valence-electron chi connectivity index (χ0n) is 9.87. The number of hydrogen-bond acceptors (Lipinski definition) is 2. The molecule has 1 unspecified atom stereocenters. The van der Waals surface area contributed by atoms with Gasteiger partial charge in [0, 0.05) is 12.9 Å². The molecule has 0 aliphatic rings. The molecule has 2 rings (SSSR count). The van der Waals surface area contributed by atoms with E-state index in [0.717, 1.165) is 5.75 Å². The first-order chi connectivity index (χ1) is 8.40. The Morgan fingerprint density at radius 1 is 0.941 bits per heavy atom. The summed E-state index contributed by atoms with van der Waals surface area (Å²) in [5, 5.41) is 0. The third kappa shape index (κ3) is 3.62. The highest BCUT2D eigenvalue weighted by Gasteiger charge is 2.09. The summed E-state index contributed by atoms with van der Waals surface area (Å²) in [7, 11) is 1.76. The van der Waals surface area contributed by atoms with E-state index in [4.69, 9.17) is 4.74 Å². The Hall–Kier alpha value is -1.25. The lowest BCUT2D eigenvalue weighted by molar-refractivity contribution is 0.175. The maximum atomic E-state index is 5.52. The molecule has 0 aromatic heterocycles. The van der Waals surface area contributed by atoms with Crippen LogP contribution in [0.3, 0.4) is 0 Å². The van der Waals surface area contributed by atoms with Crippen molar-refractivity contribution in [3.05, 3.63) is 71.8 Å². The molecule has 2 aromatic rings. The van der Waals surface area contributed by atoms with E-state index in [1.807, 2.05) is 24.3 Å². The maximum Gasteiger partial charge on any atom is 0.128 e. The molecule has 2 heteroatoms. The molecule has 0 saturated heterocycles. The number of ether oxygens (including phenoxy) is 1. The monoisotopic (exact) mass is 244 g/mol. The number of rotatable bonds is 5. The van der Waals surface area contributed by atoms with Crippen LogP contribution in [-0.2, 0) is 10.5 Å². The van der Waals surface area contributed by atoms with E-state index in [9.17, 15) is 0 Å². The van der Waals surface area contributed by atoms with E-state index in [0.29, 0.717) is 0 Å². The summed E-state index contributed by atoms with van der Waals surface area (Å²) in [5.41, 5.74) is 2.66. The van der Waals surface area contributed by atoms with Crippen LogP contribution in [0, 0.1) is 0 Å². The van der Waals surface area contributed by atoms with Gasteiger partial charge in [0.25, 0.3) is 0 Å². The summed E-state index contributed by atoms with van der Waals surface area (Å²) < 4.78 is 5.52. The van der Waals surface area contributed by atoms with Crippen LogP contribution < -0.4 is 0 Å². The largest absolute Gasteiger partial charge is 0.366 e. The molecule has 1 nitrogen and oxygen atoms in total. The standard InChI is InChI=1S/C15H16OS/c1-16-15(14-10-6-3-7-11-14)17-12-13-8-4-2-5-9-13/h2-11,15H,12H2,1H3. The van der Waals surface area contributed by atoms with Crippen LogP contribution in [0.5, 0.6) is 0 Å². The van der Waals surface area contributed by atoms with Crippen LogP contribution in [0.1, 0.15) is 16.6 Å². The van der Waals surface area contributed by atoms with Gasteiger partial charge in [-0.1, -0.05) is 60.7 Å². The molecule has 0 spiro atoms. The van der Waals surface area contributed by atoms with Crippen LogP contribution >= 0.6 is 11.8 Å². The van der Waals surface area contributed by atoms with Crippen molar-refractivity contribution >= 4 is 11.8 Å². The molecule has 0 aliphatic heterocycles. The van der Waals surface area contributed by atoms with Crippen LogP contribution in [0.15, 0.2) is 60.7 Å². The first-order valence-corrected chi connectivity index (χ1v) is 6.68. The Morgan fingerprint density at radius 3 is 2.12 bits per heavy atom. The maximum absolute atomic E-state index is 5.52. The SMILES string of the molecule is COC(SCc1ccccc1)c1ccccc1. The van der Waals surface area contributed by atoms with Crippen molar-refractivity contribution in [1.82, 2.24) is 0 Å². The number of benzene rings is 2. The van der Waals surface area contributed by atoms with E-state index < -0.39 is 0 Å². The summed E-state index contributed by atoms with van der Waals surface area (Å²) in [6, 6.07) is 20.8. The first-order valence-electron chi connectivity index (χ1n) is 5.63. The minimum absolute atomic E-state index is 0.108. The summed E-state index contributed by atoms with van der Waals surface area (Å²) in [6.45, 7) is 0. The fourth-order valence-corrected chi connectivity index (χ4v) is 2.68. The fraction of sp³-hybridized carbons (Fsp3) is 0.200. The van der Waals surface area contributed by atoms with Crippen molar-refractivity contribution in [2.75, 3.05) is 7.11 Å². The molecule has 0 N–H and O–H groups in total. The molecule has 0 radical (unpaired) electrons. The van der Waals surface area contributed by atoms with Gasteiger partial charge in [0.2, 0.25) is 0 Å². The lowest BCUT2D eigenvalue weighted by Gasteiger charge is -2.15. The molecule has 0 amide bonds. The Labute approximate surface area is 107 Å². The van der Waals surface area contributed by atoms with Crippen LogP contribution in [0.25, 0.3) is 0 Å². The van der Waals surface area contributed by atoms with Gasteiger partial charge in [0.15, 0.2) is 0 Å². The highest BCUT2D eigenvalue weighted by Crippen LogP contribution is 2.31. The molecule has 0 heterocycles. The van der Waals surface area contributed by atoms with Crippen LogP contribution in [0.2, 0.25) is 0 Å².